The number of ketones is 2. The third kappa shape index (κ3) is 2.52. The van der Waals surface area contributed by atoms with Crippen LogP contribution in [0.15, 0.2) is 35.1 Å². The number of Topliss-reactive ketones (excluding diaryl/α,β-unsaturated/α-hetero) is 2. The van der Waals surface area contributed by atoms with Crippen molar-refractivity contribution in [3.8, 4) is 5.75 Å². The van der Waals surface area contributed by atoms with Gasteiger partial charge in [-0.05, 0) is 32.1 Å². The van der Waals surface area contributed by atoms with Crippen molar-refractivity contribution in [2.75, 3.05) is 14.1 Å². The number of nitrogens with zero attached hydrogens (tertiary/aromatic N) is 1. The number of primary amides is 1. The molecule has 1 aromatic carbocycles. The van der Waals surface area contributed by atoms with Gasteiger partial charge in [0.2, 0.25) is 5.78 Å². The van der Waals surface area contributed by atoms with Gasteiger partial charge in [0.1, 0.15) is 22.8 Å². The molecule has 10 heteroatoms. The van der Waals surface area contributed by atoms with Gasteiger partial charge in [-0.15, -0.1) is 0 Å². The van der Waals surface area contributed by atoms with Crippen LogP contribution < -0.4 is 5.73 Å². The van der Waals surface area contributed by atoms with Crippen LogP contribution in [0, 0.1) is 11.8 Å². The molecule has 0 saturated heterocycles. The fourth-order valence-electron chi connectivity index (χ4n) is 5.19. The number of hydrogen-bond donors (Lipinski definition) is 6. The first-order valence-corrected chi connectivity index (χ1v) is 9.58. The Bertz CT molecular complexity index is 1100. The summed E-state index contributed by atoms with van der Waals surface area (Å²) in [6, 6.07) is 3.11. The van der Waals surface area contributed by atoms with Gasteiger partial charge in [-0.2, -0.15) is 0 Å². The summed E-state index contributed by atoms with van der Waals surface area (Å²) in [5, 5.41) is 54.3. The zero-order valence-corrected chi connectivity index (χ0v) is 16.7. The van der Waals surface area contributed by atoms with E-state index in [9.17, 15) is 39.9 Å². The van der Waals surface area contributed by atoms with Crippen molar-refractivity contribution in [2.24, 2.45) is 17.6 Å². The summed E-state index contributed by atoms with van der Waals surface area (Å²) >= 11 is 0. The van der Waals surface area contributed by atoms with Gasteiger partial charge < -0.3 is 31.3 Å². The lowest BCUT2D eigenvalue weighted by molar-refractivity contribution is -0.168. The molecule has 10 nitrogen and oxygen atoms in total. The summed E-state index contributed by atoms with van der Waals surface area (Å²) in [6.45, 7) is 0. The highest BCUT2D eigenvalue weighted by Crippen LogP contribution is 2.52. The van der Waals surface area contributed by atoms with Crippen molar-refractivity contribution in [2.45, 2.75) is 24.2 Å². The number of benzene rings is 1. The average Bonchev–Trinajstić information content (AvgIpc) is 2.67. The van der Waals surface area contributed by atoms with Crippen LogP contribution in [0.1, 0.15) is 11.1 Å². The van der Waals surface area contributed by atoms with Crippen molar-refractivity contribution in [3.63, 3.8) is 0 Å². The third-order valence-electron chi connectivity index (χ3n) is 6.54. The minimum Gasteiger partial charge on any atom is -0.508 e. The minimum atomic E-state index is -2.88. The molecule has 1 aromatic rings. The lowest BCUT2D eigenvalue weighted by atomic mass is 9.56. The maximum Gasteiger partial charge on any atom is 0.255 e. The van der Waals surface area contributed by atoms with E-state index in [2.05, 4.69) is 0 Å². The minimum absolute atomic E-state index is 0.0222. The fraction of sp³-hybridized carbons (Fsp3) is 0.381. The maximum atomic E-state index is 13.5. The van der Waals surface area contributed by atoms with Crippen molar-refractivity contribution < 1.29 is 39.9 Å². The van der Waals surface area contributed by atoms with Gasteiger partial charge in [-0.3, -0.25) is 19.3 Å². The lowest BCUT2D eigenvalue weighted by Crippen LogP contribution is -2.70. The van der Waals surface area contributed by atoms with Gasteiger partial charge in [-0.25, -0.2) is 0 Å². The number of phenols is 1. The van der Waals surface area contributed by atoms with Crippen molar-refractivity contribution in [1.29, 1.82) is 0 Å². The Morgan fingerprint density at radius 3 is 2.42 bits per heavy atom. The second-order valence-electron chi connectivity index (χ2n) is 8.36. The lowest BCUT2D eigenvalue weighted by Gasteiger charge is -2.52. The number of amides is 1. The van der Waals surface area contributed by atoms with Crippen LogP contribution in [0.3, 0.4) is 0 Å². The topological polar surface area (TPSA) is 182 Å². The number of aliphatic hydroxyl groups excluding tert-OH is 3. The number of carbonyl (C=O) groups excluding carboxylic acids is 3. The normalized spacial score (nSPS) is 32.7. The number of aliphatic hydroxyl groups is 4. The van der Waals surface area contributed by atoms with Crippen LogP contribution >= 0.6 is 0 Å². The Morgan fingerprint density at radius 1 is 1.19 bits per heavy atom. The Morgan fingerprint density at radius 2 is 1.84 bits per heavy atom. The van der Waals surface area contributed by atoms with Gasteiger partial charge in [0.25, 0.3) is 5.91 Å². The molecule has 0 heterocycles. The Labute approximate surface area is 176 Å². The SMILES string of the molecule is CN(C)[C@H]1C(=O)C(C(N)=O)=C(O)[C@]2(O)C(=O)C3=C(O)c4c(O)cccc4C[C@@H]3[C@@H](O)[C@H]12. The van der Waals surface area contributed by atoms with Gasteiger partial charge in [0.15, 0.2) is 11.4 Å². The summed E-state index contributed by atoms with van der Waals surface area (Å²) in [6.07, 6.45) is -1.53. The number of nitrogens with two attached hydrogens (primary N) is 1. The van der Waals surface area contributed by atoms with E-state index >= 15 is 0 Å². The predicted octanol–water partition coefficient (Wildman–Crippen LogP) is -1.07. The molecule has 0 aromatic heterocycles. The van der Waals surface area contributed by atoms with Crippen LogP contribution in [-0.4, -0.2) is 79.7 Å². The number of hydrogen-bond acceptors (Lipinski definition) is 9. The molecule has 0 bridgehead atoms. The molecule has 3 aliphatic carbocycles. The van der Waals surface area contributed by atoms with Gasteiger partial charge >= 0.3 is 0 Å². The number of fused-ring (bicyclic) bond motifs is 3. The monoisotopic (exact) mass is 430 g/mol. The maximum absolute atomic E-state index is 13.5. The van der Waals surface area contributed by atoms with Crippen molar-refractivity contribution in [3.05, 3.63) is 46.2 Å². The smallest absolute Gasteiger partial charge is 0.255 e. The second kappa shape index (κ2) is 6.64. The molecule has 1 saturated carbocycles. The van der Waals surface area contributed by atoms with Gasteiger partial charge in [-0.1, -0.05) is 12.1 Å². The first kappa shape index (κ1) is 21.0. The molecular weight excluding hydrogens is 408 g/mol. The quantitative estimate of drug-likeness (QED) is 0.318. The van der Waals surface area contributed by atoms with E-state index in [0.717, 1.165) is 0 Å². The number of phenolic OH excluding ortho intramolecular Hbond substituents is 1. The van der Waals surface area contributed by atoms with Gasteiger partial charge in [0.05, 0.1) is 23.6 Å². The number of carbonyl (C=O) groups is 3. The molecule has 1 fully saturated rings. The van der Waals surface area contributed by atoms with E-state index in [0.29, 0.717) is 5.56 Å². The molecule has 0 radical (unpaired) electrons. The first-order valence-electron chi connectivity index (χ1n) is 9.58. The fourth-order valence-corrected chi connectivity index (χ4v) is 5.19. The Hall–Kier alpha value is -3.21. The number of aromatic hydroxyl groups is 1. The molecule has 0 aliphatic heterocycles. The van der Waals surface area contributed by atoms with Crippen LogP contribution in [0.25, 0.3) is 5.76 Å². The average molecular weight is 430 g/mol. The Balaban J connectivity index is 2.03. The molecule has 1 amide bonds. The van der Waals surface area contributed by atoms with E-state index in [1.54, 1.807) is 12.1 Å². The van der Waals surface area contributed by atoms with E-state index in [4.69, 9.17) is 5.73 Å². The molecule has 164 valence electrons. The van der Waals surface area contributed by atoms with Crippen molar-refractivity contribution in [1.82, 2.24) is 4.90 Å². The molecule has 4 rings (SSSR count). The third-order valence-corrected chi connectivity index (χ3v) is 6.54. The number of likely N-dealkylation sites (N-methyl/N-ethyl adjacent to an activating group) is 1. The largest absolute Gasteiger partial charge is 0.508 e. The molecule has 31 heavy (non-hydrogen) atoms. The first-order chi connectivity index (χ1) is 14.4. The highest BCUT2D eigenvalue weighted by Gasteiger charge is 2.67. The molecule has 0 unspecified atom stereocenters. The molecule has 0 spiro atoms. The standard InChI is InChI=1S/C21H22N2O8/c1-23(2)14-13-15(25)8-6-7-4-3-5-9(24)10(7)16(26)11(8)18(28)21(13,31)19(29)12(17(14)27)20(22)30/h3-5,8,13-15,24-26,29,31H,6H2,1-2H3,(H2,22,30)/t8-,13-,14+,15+,21+/m0/s1. The second-order valence-corrected chi connectivity index (χ2v) is 8.36. The van der Waals surface area contributed by atoms with E-state index < -0.39 is 69.7 Å². The van der Waals surface area contributed by atoms with Crippen LogP contribution in [0.4, 0.5) is 0 Å². The van der Waals surface area contributed by atoms with E-state index in [1.807, 2.05) is 0 Å². The summed E-state index contributed by atoms with van der Waals surface area (Å²) in [7, 11) is 2.91. The zero-order chi connectivity index (χ0) is 23.0. The van der Waals surface area contributed by atoms with Crippen LogP contribution in [-0.2, 0) is 20.8 Å². The Kier molecular flexibility index (Phi) is 4.51. The zero-order valence-electron chi connectivity index (χ0n) is 16.7. The highest BCUT2D eigenvalue weighted by molar-refractivity contribution is 6.24. The molecule has 3 aliphatic rings. The predicted molar refractivity (Wildman–Crippen MR) is 106 cm³/mol. The molecule has 7 N–H and O–H groups in total. The number of rotatable bonds is 2. The van der Waals surface area contributed by atoms with E-state index in [-0.39, 0.29) is 17.7 Å². The highest BCUT2D eigenvalue weighted by atomic mass is 16.4. The summed E-state index contributed by atoms with van der Waals surface area (Å²) in [5.74, 6) is -8.20. The van der Waals surface area contributed by atoms with E-state index in [1.165, 1.54) is 25.1 Å². The summed E-state index contributed by atoms with van der Waals surface area (Å²) in [5.41, 5.74) is 1.46. The van der Waals surface area contributed by atoms with Gasteiger partial charge in [0, 0.05) is 11.5 Å². The summed E-state index contributed by atoms with van der Waals surface area (Å²) < 4.78 is 0. The molecule has 5 atom stereocenters. The van der Waals surface area contributed by atoms with Crippen LogP contribution in [0.2, 0.25) is 0 Å². The summed E-state index contributed by atoms with van der Waals surface area (Å²) in [4.78, 5) is 39.7. The van der Waals surface area contributed by atoms with Crippen molar-refractivity contribution >= 4 is 23.2 Å². The molecular formula is C21H22N2O8. The van der Waals surface area contributed by atoms with Crippen LogP contribution in [0.5, 0.6) is 5.75 Å².